The molecule has 2 aromatic rings. The maximum Gasteiger partial charge on any atom is 0.141 e. The first-order chi connectivity index (χ1) is 10.2. The van der Waals surface area contributed by atoms with Gasteiger partial charge in [-0.15, -0.1) is 11.8 Å². The van der Waals surface area contributed by atoms with Crippen LogP contribution in [0, 0.1) is 11.6 Å². The predicted octanol–water partition coefficient (Wildman–Crippen LogP) is 4.19. The molecule has 5 heteroatoms. The van der Waals surface area contributed by atoms with Gasteiger partial charge in [0.25, 0.3) is 0 Å². The Kier molecular flexibility index (Phi) is 6.14. The van der Waals surface area contributed by atoms with E-state index in [1.54, 1.807) is 18.3 Å². The van der Waals surface area contributed by atoms with Gasteiger partial charge in [-0.3, -0.25) is 4.98 Å². The number of hydrogen-bond donors (Lipinski definition) is 1. The number of pyridine rings is 1. The van der Waals surface area contributed by atoms with E-state index in [-0.39, 0.29) is 17.7 Å². The van der Waals surface area contributed by atoms with E-state index in [0.717, 1.165) is 18.5 Å². The van der Waals surface area contributed by atoms with Gasteiger partial charge in [0.05, 0.1) is 6.20 Å². The topological polar surface area (TPSA) is 24.9 Å². The van der Waals surface area contributed by atoms with Crippen molar-refractivity contribution in [1.29, 1.82) is 0 Å². The number of rotatable bonds is 7. The van der Waals surface area contributed by atoms with Crippen molar-refractivity contribution in [3.05, 3.63) is 59.9 Å². The van der Waals surface area contributed by atoms with Crippen molar-refractivity contribution in [3.63, 3.8) is 0 Å². The zero-order chi connectivity index (χ0) is 15.1. The van der Waals surface area contributed by atoms with E-state index in [1.165, 1.54) is 30.1 Å². The highest BCUT2D eigenvalue weighted by Crippen LogP contribution is 2.26. The van der Waals surface area contributed by atoms with Crippen molar-refractivity contribution >= 4 is 11.8 Å². The summed E-state index contributed by atoms with van der Waals surface area (Å²) in [6.45, 7) is 2.89. The van der Waals surface area contributed by atoms with Crippen LogP contribution in [0.2, 0.25) is 0 Å². The van der Waals surface area contributed by atoms with Gasteiger partial charge >= 0.3 is 0 Å². The van der Waals surface area contributed by atoms with E-state index in [4.69, 9.17) is 0 Å². The Balaban J connectivity index is 2.08. The van der Waals surface area contributed by atoms with Gasteiger partial charge in [-0.1, -0.05) is 19.1 Å². The van der Waals surface area contributed by atoms with Crippen LogP contribution in [0.25, 0.3) is 0 Å². The zero-order valence-electron chi connectivity index (χ0n) is 11.9. The summed E-state index contributed by atoms with van der Waals surface area (Å²) >= 11 is 1.42. The fourth-order valence-corrected chi connectivity index (χ4v) is 2.98. The Labute approximate surface area is 128 Å². The summed E-state index contributed by atoms with van der Waals surface area (Å²) in [5.41, 5.74) is 0.785. The number of nitrogens with one attached hydrogen (secondary N) is 1. The Morgan fingerprint density at radius 2 is 2.05 bits per heavy atom. The van der Waals surface area contributed by atoms with Gasteiger partial charge in [0.2, 0.25) is 0 Å². The third-order valence-corrected chi connectivity index (χ3v) is 4.15. The zero-order valence-corrected chi connectivity index (χ0v) is 12.7. The highest BCUT2D eigenvalue weighted by Gasteiger charge is 2.13. The number of nitrogens with zero attached hydrogens (tertiary/aromatic N) is 1. The van der Waals surface area contributed by atoms with Crippen LogP contribution in [-0.2, 0) is 0 Å². The SMILES string of the molecule is CCCNC(CSc1ccccc1F)c1cncc(F)c1. The van der Waals surface area contributed by atoms with Gasteiger partial charge in [0.1, 0.15) is 11.6 Å². The van der Waals surface area contributed by atoms with Gasteiger partial charge in [0.15, 0.2) is 0 Å². The molecule has 1 aromatic carbocycles. The van der Waals surface area contributed by atoms with E-state index < -0.39 is 0 Å². The summed E-state index contributed by atoms with van der Waals surface area (Å²) in [6, 6.07) is 8.09. The lowest BCUT2D eigenvalue weighted by molar-refractivity contribution is 0.563. The smallest absolute Gasteiger partial charge is 0.141 e. The molecule has 1 heterocycles. The third-order valence-electron chi connectivity index (χ3n) is 3.01. The maximum atomic E-state index is 13.6. The average Bonchev–Trinajstić information content (AvgIpc) is 2.49. The van der Waals surface area contributed by atoms with Gasteiger partial charge in [-0.05, 0) is 36.7 Å². The van der Waals surface area contributed by atoms with Gasteiger partial charge in [0, 0.05) is 22.9 Å². The molecule has 0 aliphatic rings. The summed E-state index contributed by atoms with van der Waals surface area (Å²) in [6.07, 6.45) is 3.81. The molecule has 0 bridgehead atoms. The largest absolute Gasteiger partial charge is 0.309 e. The second kappa shape index (κ2) is 8.10. The summed E-state index contributed by atoms with van der Waals surface area (Å²) in [4.78, 5) is 4.49. The molecule has 0 spiro atoms. The van der Waals surface area contributed by atoms with Gasteiger partial charge in [-0.25, -0.2) is 8.78 Å². The van der Waals surface area contributed by atoms with Crippen LogP contribution < -0.4 is 5.32 Å². The fourth-order valence-electron chi connectivity index (χ4n) is 1.95. The Bertz CT molecular complexity index is 578. The van der Waals surface area contributed by atoms with Gasteiger partial charge in [-0.2, -0.15) is 0 Å². The molecule has 0 amide bonds. The van der Waals surface area contributed by atoms with E-state index in [1.807, 2.05) is 6.07 Å². The van der Waals surface area contributed by atoms with Crippen molar-refractivity contribution in [2.24, 2.45) is 0 Å². The summed E-state index contributed by atoms with van der Waals surface area (Å²) in [5, 5.41) is 3.35. The number of halogens is 2. The molecule has 0 saturated carbocycles. The molecule has 1 atom stereocenters. The number of aromatic nitrogens is 1. The Morgan fingerprint density at radius 3 is 2.76 bits per heavy atom. The Hall–Kier alpha value is -1.46. The lowest BCUT2D eigenvalue weighted by Crippen LogP contribution is -2.24. The number of benzene rings is 1. The third kappa shape index (κ3) is 4.79. The van der Waals surface area contributed by atoms with Crippen LogP contribution in [-0.4, -0.2) is 17.3 Å². The lowest BCUT2D eigenvalue weighted by atomic mass is 10.1. The first-order valence-corrected chi connectivity index (χ1v) is 7.90. The molecule has 21 heavy (non-hydrogen) atoms. The minimum atomic E-state index is -0.355. The van der Waals surface area contributed by atoms with Crippen molar-refractivity contribution in [2.75, 3.05) is 12.3 Å². The van der Waals surface area contributed by atoms with Crippen molar-refractivity contribution < 1.29 is 8.78 Å². The molecule has 1 aromatic heterocycles. The highest BCUT2D eigenvalue weighted by atomic mass is 32.2. The van der Waals surface area contributed by atoms with Crippen LogP contribution in [0.5, 0.6) is 0 Å². The fraction of sp³-hybridized carbons (Fsp3) is 0.312. The molecular formula is C16H18F2N2S. The van der Waals surface area contributed by atoms with E-state index in [0.29, 0.717) is 10.6 Å². The standard InChI is InChI=1S/C16H18F2N2S/c1-2-7-20-15(12-8-13(17)10-19-9-12)11-21-16-6-4-3-5-14(16)18/h3-6,8-10,15,20H,2,7,11H2,1H3. The molecule has 0 fully saturated rings. The van der Waals surface area contributed by atoms with Gasteiger partial charge < -0.3 is 5.32 Å². The lowest BCUT2D eigenvalue weighted by Gasteiger charge is -2.18. The molecule has 1 N–H and O–H groups in total. The second-order valence-corrected chi connectivity index (χ2v) is 5.75. The van der Waals surface area contributed by atoms with Crippen LogP contribution in [0.15, 0.2) is 47.6 Å². The molecule has 0 saturated heterocycles. The van der Waals surface area contributed by atoms with Crippen LogP contribution in [0.1, 0.15) is 24.9 Å². The molecule has 2 rings (SSSR count). The molecule has 2 nitrogen and oxygen atoms in total. The Morgan fingerprint density at radius 1 is 1.24 bits per heavy atom. The van der Waals surface area contributed by atoms with E-state index in [9.17, 15) is 8.78 Å². The monoisotopic (exact) mass is 308 g/mol. The second-order valence-electron chi connectivity index (χ2n) is 4.68. The number of hydrogen-bond acceptors (Lipinski definition) is 3. The first-order valence-electron chi connectivity index (χ1n) is 6.92. The van der Waals surface area contributed by atoms with Crippen molar-refractivity contribution in [3.8, 4) is 0 Å². The van der Waals surface area contributed by atoms with E-state index >= 15 is 0 Å². The summed E-state index contributed by atoms with van der Waals surface area (Å²) in [5.74, 6) is 0.0345. The molecule has 1 unspecified atom stereocenters. The summed E-state index contributed by atoms with van der Waals surface area (Å²) in [7, 11) is 0. The highest BCUT2D eigenvalue weighted by molar-refractivity contribution is 7.99. The summed E-state index contributed by atoms with van der Waals surface area (Å²) < 4.78 is 27.0. The molecule has 112 valence electrons. The van der Waals surface area contributed by atoms with Crippen LogP contribution >= 0.6 is 11.8 Å². The van der Waals surface area contributed by atoms with Crippen molar-refractivity contribution in [2.45, 2.75) is 24.3 Å². The number of thioether (sulfide) groups is 1. The predicted molar refractivity (Wildman–Crippen MR) is 82.4 cm³/mol. The average molecular weight is 308 g/mol. The van der Waals surface area contributed by atoms with E-state index in [2.05, 4.69) is 17.2 Å². The van der Waals surface area contributed by atoms with Crippen molar-refractivity contribution in [1.82, 2.24) is 10.3 Å². The quantitative estimate of drug-likeness (QED) is 0.776. The molecule has 0 aliphatic carbocycles. The minimum absolute atomic E-state index is 0.0576. The molecule has 0 radical (unpaired) electrons. The first kappa shape index (κ1) is 15.9. The van der Waals surface area contributed by atoms with Crippen LogP contribution in [0.4, 0.5) is 8.78 Å². The molecular weight excluding hydrogens is 290 g/mol. The molecule has 0 aliphatic heterocycles. The maximum absolute atomic E-state index is 13.6. The normalized spacial score (nSPS) is 12.3. The van der Waals surface area contributed by atoms with Crippen LogP contribution in [0.3, 0.4) is 0 Å². The minimum Gasteiger partial charge on any atom is -0.309 e.